The van der Waals surface area contributed by atoms with Crippen LogP contribution < -0.4 is 16.0 Å². The minimum Gasteiger partial charge on any atom is -0.354 e. The Morgan fingerprint density at radius 3 is 2.48 bits per heavy atom. The van der Waals surface area contributed by atoms with Gasteiger partial charge in [-0.2, -0.15) is 5.10 Å². The topological polar surface area (TPSA) is 152 Å². The molecular weight excluding hydrogens is 420 g/mol. The van der Waals surface area contributed by atoms with Gasteiger partial charge in [0, 0.05) is 29.6 Å². The monoisotopic (exact) mass is 445 g/mol. The van der Waals surface area contributed by atoms with Crippen molar-refractivity contribution in [2.75, 3.05) is 23.9 Å². The molecule has 0 unspecified atom stereocenters. The highest BCUT2D eigenvalue weighted by molar-refractivity contribution is 7.90. The highest BCUT2D eigenvalue weighted by Crippen LogP contribution is 2.26. The third kappa shape index (κ3) is 5.28. The number of pyridine rings is 1. The van der Waals surface area contributed by atoms with Crippen LogP contribution in [0, 0.1) is 0 Å². The van der Waals surface area contributed by atoms with Gasteiger partial charge in [-0.15, -0.1) is 15.3 Å². The average molecular weight is 446 g/mol. The molecule has 0 aromatic carbocycles. The van der Waals surface area contributed by atoms with E-state index in [9.17, 15) is 13.2 Å². The van der Waals surface area contributed by atoms with E-state index in [0.717, 1.165) is 11.9 Å². The molecule has 0 atom stereocenters. The molecule has 0 bridgehead atoms. The summed E-state index contributed by atoms with van der Waals surface area (Å²) in [6.45, 7) is 1.18. The predicted octanol–water partition coefficient (Wildman–Crippen LogP) is 2.04. The summed E-state index contributed by atoms with van der Waals surface area (Å²) in [6.07, 6.45) is 2.37. The minimum absolute atomic E-state index is 0.0328. The van der Waals surface area contributed by atoms with Gasteiger partial charge in [-0.25, -0.2) is 13.4 Å². The predicted molar refractivity (Wildman–Crippen MR) is 115 cm³/mol. The van der Waals surface area contributed by atoms with Crippen LogP contribution in [0.5, 0.6) is 0 Å². The second-order valence-electron chi connectivity index (χ2n) is 6.82. The molecule has 3 N–H and O–H groups in total. The van der Waals surface area contributed by atoms with E-state index in [1.54, 1.807) is 12.1 Å². The van der Waals surface area contributed by atoms with E-state index in [2.05, 4.69) is 36.0 Å². The summed E-state index contributed by atoms with van der Waals surface area (Å²) in [6, 6.07) is 7.61. The average Bonchev–Trinajstić information content (AvgIpc) is 2.72. The molecule has 3 aromatic heterocycles. The third-order valence-corrected chi connectivity index (χ3v) is 5.21. The lowest BCUT2D eigenvalue weighted by Crippen LogP contribution is -2.22. The van der Waals surface area contributed by atoms with E-state index >= 15 is 0 Å². The number of amides is 1. The smallest absolute Gasteiger partial charge is 0.273 e. The number of carbonyl (C=O) groups excluding carboxylic acids is 1. The van der Waals surface area contributed by atoms with Crippen molar-refractivity contribution in [3.05, 3.63) is 47.9 Å². The number of hydrogen-bond acceptors (Lipinski definition) is 10. The minimum atomic E-state index is -3.67. The highest BCUT2D eigenvalue weighted by atomic mass is 32.2. The molecule has 0 aliphatic carbocycles. The Morgan fingerprint density at radius 1 is 1.06 bits per heavy atom. The third-order valence-electron chi connectivity index (χ3n) is 4.08. The standard InChI is InChI=1S/C19H22N8O3S/c1-11(2)12-7-8-15(25-24-12)23-16-10-13(17(27-26-16)19(28)20-3)22-18-14(31(4,29)30)6-5-9-21-18/h5-11H,1-4H3,(H,20,28)(H2,21,22,23,25,26)/i3D3. The summed E-state index contributed by atoms with van der Waals surface area (Å²) in [7, 11) is -3.67. The molecule has 0 saturated carbocycles. The van der Waals surface area contributed by atoms with Crippen molar-refractivity contribution in [2.45, 2.75) is 24.7 Å². The summed E-state index contributed by atoms with van der Waals surface area (Å²) >= 11 is 0. The van der Waals surface area contributed by atoms with Gasteiger partial charge in [0.25, 0.3) is 5.91 Å². The maximum absolute atomic E-state index is 12.5. The Bertz CT molecular complexity index is 1300. The van der Waals surface area contributed by atoms with Crippen molar-refractivity contribution in [3.63, 3.8) is 0 Å². The second-order valence-corrected chi connectivity index (χ2v) is 8.80. The van der Waals surface area contributed by atoms with E-state index in [-0.39, 0.29) is 33.8 Å². The Morgan fingerprint density at radius 2 is 1.84 bits per heavy atom. The largest absolute Gasteiger partial charge is 0.354 e. The van der Waals surface area contributed by atoms with Crippen molar-refractivity contribution in [1.82, 2.24) is 30.7 Å². The van der Waals surface area contributed by atoms with Crippen LogP contribution in [0.3, 0.4) is 0 Å². The lowest BCUT2D eigenvalue weighted by atomic mass is 10.1. The summed E-state index contributed by atoms with van der Waals surface area (Å²) < 4.78 is 46.1. The van der Waals surface area contributed by atoms with Gasteiger partial charge in [0.2, 0.25) is 0 Å². The summed E-state index contributed by atoms with van der Waals surface area (Å²) in [5, 5.41) is 23.4. The fourth-order valence-corrected chi connectivity index (χ4v) is 3.32. The molecule has 0 spiro atoms. The molecule has 31 heavy (non-hydrogen) atoms. The number of rotatable bonds is 7. The first-order valence-electron chi connectivity index (χ1n) is 10.6. The quantitative estimate of drug-likeness (QED) is 0.492. The van der Waals surface area contributed by atoms with Crippen LogP contribution in [-0.4, -0.2) is 52.9 Å². The van der Waals surface area contributed by atoms with E-state index in [1.807, 2.05) is 19.2 Å². The lowest BCUT2D eigenvalue weighted by molar-refractivity contribution is 0.0958. The van der Waals surface area contributed by atoms with Gasteiger partial charge >= 0.3 is 0 Å². The number of nitrogens with zero attached hydrogens (tertiary/aromatic N) is 5. The SMILES string of the molecule is [2H]C([2H])([2H])NC(=O)c1nnc(Nc2ccc(C(C)C)nn2)cc1Nc1ncccc1S(C)(=O)=O. The van der Waals surface area contributed by atoms with Crippen LogP contribution in [-0.2, 0) is 9.84 Å². The van der Waals surface area contributed by atoms with Crippen LogP contribution in [0.25, 0.3) is 0 Å². The number of aromatic nitrogens is 5. The molecule has 0 aliphatic rings. The van der Waals surface area contributed by atoms with E-state index in [1.165, 1.54) is 24.4 Å². The molecule has 1 amide bonds. The fourth-order valence-electron chi connectivity index (χ4n) is 2.53. The van der Waals surface area contributed by atoms with Gasteiger partial charge in [0.05, 0.1) is 11.4 Å². The van der Waals surface area contributed by atoms with Crippen LogP contribution in [0.15, 0.2) is 41.4 Å². The Kier molecular flexibility index (Phi) is 5.26. The number of nitrogens with one attached hydrogen (secondary N) is 3. The zero-order chi connectivity index (χ0) is 25.1. The number of anilines is 4. The van der Waals surface area contributed by atoms with Crippen molar-refractivity contribution in [1.29, 1.82) is 0 Å². The van der Waals surface area contributed by atoms with E-state index in [4.69, 9.17) is 4.11 Å². The van der Waals surface area contributed by atoms with Gasteiger partial charge < -0.3 is 16.0 Å². The molecule has 11 nitrogen and oxygen atoms in total. The first-order valence-corrected chi connectivity index (χ1v) is 11.0. The summed E-state index contributed by atoms with van der Waals surface area (Å²) in [5.41, 5.74) is 0.377. The van der Waals surface area contributed by atoms with Crippen molar-refractivity contribution >= 4 is 38.9 Å². The zero-order valence-corrected chi connectivity index (χ0v) is 17.7. The first kappa shape index (κ1) is 18.1. The van der Waals surface area contributed by atoms with Crippen LogP contribution in [0.2, 0.25) is 0 Å². The van der Waals surface area contributed by atoms with Crippen LogP contribution >= 0.6 is 0 Å². The molecule has 3 heterocycles. The Balaban J connectivity index is 2.01. The van der Waals surface area contributed by atoms with Gasteiger partial charge in [-0.3, -0.25) is 4.79 Å². The van der Waals surface area contributed by atoms with Gasteiger partial charge in [0.1, 0.15) is 10.7 Å². The summed E-state index contributed by atoms with van der Waals surface area (Å²) in [4.78, 5) is 16.4. The molecule has 0 saturated heterocycles. The van der Waals surface area contributed by atoms with E-state index in [0.29, 0.717) is 5.82 Å². The Hall–Kier alpha value is -3.67. The molecule has 162 valence electrons. The van der Waals surface area contributed by atoms with Crippen molar-refractivity contribution < 1.29 is 17.3 Å². The second kappa shape index (κ2) is 9.00. The van der Waals surface area contributed by atoms with Gasteiger partial charge in [-0.05, 0) is 30.2 Å². The molecule has 0 aliphatic heterocycles. The molecule has 3 rings (SSSR count). The van der Waals surface area contributed by atoms with Crippen molar-refractivity contribution in [2.24, 2.45) is 0 Å². The first-order chi connectivity index (χ1) is 15.8. The molecule has 12 heteroatoms. The molecule has 0 fully saturated rings. The number of sulfone groups is 1. The zero-order valence-electron chi connectivity index (χ0n) is 19.9. The van der Waals surface area contributed by atoms with E-state index < -0.39 is 22.7 Å². The number of hydrogen-bond donors (Lipinski definition) is 3. The van der Waals surface area contributed by atoms with Crippen molar-refractivity contribution in [3.8, 4) is 0 Å². The van der Waals surface area contributed by atoms with Gasteiger partial charge in [0.15, 0.2) is 27.2 Å². The van der Waals surface area contributed by atoms with Crippen LogP contribution in [0.4, 0.5) is 23.1 Å². The normalized spacial score (nSPS) is 13.1. The lowest BCUT2D eigenvalue weighted by Gasteiger charge is -2.13. The Labute approximate surface area is 183 Å². The number of carbonyl (C=O) groups is 1. The maximum Gasteiger partial charge on any atom is 0.273 e. The van der Waals surface area contributed by atoms with Gasteiger partial charge in [-0.1, -0.05) is 13.8 Å². The molecule has 3 aromatic rings. The fraction of sp³-hybridized carbons (Fsp3) is 0.263. The molecular formula is C19H22N8O3S. The summed E-state index contributed by atoms with van der Waals surface area (Å²) in [5.74, 6) is -0.446. The highest BCUT2D eigenvalue weighted by Gasteiger charge is 2.19. The maximum atomic E-state index is 12.5. The van der Waals surface area contributed by atoms with Crippen LogP contribution in [0.1, 0.15) is 40.1 Å². The molecule has 0 radical (unpaired) electrons.